The first kappa shape index (κ1) is 19.0. The third-order valence-corrected chi connectivity index (χ3v) is 6.12. The van der Waals surface area contributed by atoms with E-state index in [2.05, 4.69) is 61.4 Å². The molecule has 0 aliphatic carbocycles. The molecule has 9 heteroatoms. The van der Waals surface area contributed by atoms with E-state index < -0.39 is 0 Å². The smallest absolute Gasteiger partial charge is 0.196 e. The summed E-state index contributed by atoms with van der Waals surface area (Å²) in [6.45, 7) is 4.36. The molecule has 4 rings (SSSR count). The van der Waals surface area contributed by atoms with Crippen molar-refractivity contribution in [3.63, 3.8) is 0 Å². The normalized spacial score (nSPS) is 11.3. The van der Waals surface area contributed by atoms with Gasteiger partial charge in [-0.1, -0.05) is 59.9 Å². The molecule has 0 amide bonds. The minimum atomic E-state index is 0.357. The summed E-state index contributed by atoms with van der Waals surface area (Å²) in [6.07, 6.45) is 3.55. The lowest BCUT2D eigenvalue weighted by atomic mass is 10.0. The quantitative estimate of drug-likeness (QED) is 0.390. The number of thioether (sulfide) groups is 1. The van der Waals surface area contributed by atoms with Gasteiger partial charge in [0.1, 0.15) is 10.0 Å². The van der Waals surface area contributed by atoms with Gasteiger partial charge in [-0.15, -0.1) is 15.3 Å². The number of rotatable bonds is 6. The van der Waals surface area contributed by atoms with Gasteiger partial charge in [0.05, 0.1) is 5.69 Å². The average Bonchev–Trinajstić information content (AvgIpc) is 3.32. The Morgan fingerprint density at radius 2 is 1.96 bits per heavy atom. The van der Waals surface area contributed by atoms with Crippen molar-refractivity contribution in [2.75, 3.05) is 0 Å². The van der Waals surface area contributed by atoms with E-state index in [9.17, 15) is 0 Å². The van der Waals surface area contributed by atoms with Gasteiger partial charge in [-0.25, -0.2) is 0 Å². The lowest BCUT2D eigenvalue weighted by Gasteiger charge is -2.16. The Kier molecular flexibility index (Phi) is 5.70. The summed E-state index contributed by atoms with van der Waals surface area (Å²) >= 11 is 8.89. The Hall–Kier alpha value is -2.29. The third-order valence-electron chi connectivity index (χ3n) is 4.20. The van der Waals surface area contributed by atoms with E-state index in [1.54, 1.807) is 12.4 Å². The van der Waals surface area contributed by atoms with Gasteiger partial charge < -0.3 is 0 Å². The molecule has 0 aliphatic rings. The SMILES string of the molecule is CC(C)c1ccccc1-n1c(SCc2nnsc2Cl)nnc1-c1cccnc1. The van der Waals surface area contributed by atoms with E-state index in [0.717, 1.165) is 27.9 Å². The van der Waals surface area contributed by atoms with Crippen LogP contribution in [0.25, 0.3) is 17.1 Å². The van der Waals surface area contributed by atoms with E-state index in [1.165, 1.54) is 28.9 Å². The fraction of sp³-hybridized carbons (Fsp3) is 0.211. The number of hydrogen-bond donors (Lipinski definition) is 0. The zero-order valence-electron chi connectivity index (χ0n) is 15.3. The molecule has 0 radical (unpaired) electrons. The van der Waals surface area contributed by atoms with Gasteiger partial charge >= 0.3 is 0 Å². The minimum Gasteiger partial charge on any atom is -0.270 e. The zero-order valence-corrected chi connectivity index (χ0v) is 17.7. The van der Waals surface area contributed by atoms with E-state index >= 15 is 0 Å². The monoisotopic (exact) mass is 428 g/mol. The number of pyridine rings is 1. The highest BCUT2D eigenvalue weighted by Gasteiger charge is 2.20. The molecule has 1 aromatic carbocycles. The molecule has 0 spiro atoms. The van der Waals surface area contributed by atoms with E-state index in [-0.39, 0.29) is 0 Å². The molecule has 142 valence electrons. The molecular formula is C19H17ClN6S2. The summed E-state index contributed by atoms with van der Waals surface area (Å²) in [5.41, 5.74) is 3.95. The van der Waals surface area contributed by atoms with Crippen molar-refractivity contribution in [3.05, 3.63) is 64.4 Å². The first-order valence-electron chi connectivity index (χ1n) is 8.69. The number of halogens is 1. The molecule has 0 N–H and O–H groups in total. The van der Waals surface area contributed by atoms with Crippen LogP contribution in [-0.4, -0.2) is 29.3 Å². The van der Waals surface area contributed by atoms with Gasteiger partial charge in [-0.3, -0.25) is 9.55 Å². The first-order valence-corrected chi connectivity index (χ1v) is 10.8. The van der Waals surface area contributed by atoms with Crippen LogP contribution in [0.5, 0.6) is 0 Å². The van der Waals surface area contributed by atoms with Crippen LogP contribution in [0.4, 0.5) is 0 Å². The standard InChI is InChI=1S/C19H17ClN6S2/c1-12(2)14-7-3-4-8-16(14)26-18(13-6-5-9-21-10-13)23-24-19(26)27-11-15-17(20)28-25-22-15/h3-10,12H,11H2,1-2H3. The molecule has 3 aromatic heterocycles. The van der Waals surface area contributed by atoms with Gasteiger partial charge in [0.25, 0.3) is 0 Å². The molecule has 0 atom stereocenters. The van der Waals surface area contributed by atoms with Crippen molar-refractivity contribution in [2.45, 2.75) is 30.7 Å². The van der Waals surface area contributed by atoms with Crippen LogP contribution >= 0.6 is 34.9 Å². The largest absolute Gasteiger partial charge is 0.270 e. The Balaban J connectivity index is 1.82. The number of para-hydroxylation sites is 1. The van der Waals surface area contributed by atoms with Crippen LogP contribution in [0.15, 0.2) is 53.9 Å². The summed E-state index contributed by atoms with van der Waals surface area (Å²) in [7, 11) is 0. The molecule has 0 saturated heterocycles. The van der Waals surface area contributed by atoms with Gasteiger partial charge in [0.2, 0.25) is 0 Å². The molecule has 0 bridgehead atoms. The maximum atomic E-state index is 6.16. The van der Waals surface area contributed by atoms with Gasteiger partial charge in [-0.2, -0.15) is 0 Å². The molecule has 6 nitrogen and oxygen atoms in total. The summed E-state index contributed by atoms with van der Waals surface area (Å²) in [5, 5.41) is 13.8. The Bertz CT molecular complexity index is 1080. The first-order chi connectivity index (χ1) is 13.6. The summed E-state index contributed by atoms with van der Waals surface area (Å²) in [5.74, 6) is 1.69. The topological polar surface area (TPSA) is 69.4 Å². The second kappa shape index (κ2) is 8.38. The van der Waals surface area contributed by atoms with Crippen LogP contribution in [0.2, 0.25) is 4.34 Å². The van der Waals surface area contributed by atoms with E-state index in [1.807, 2.05) is 18.2 Å². The Morgan fingerprint density at radius 3 is 2.68 bits per heavy atom. The summed E-state index contributed by atoms with van der Waals surface area (Å²) < 4.78 is 6.59. The lowest BCUT2D eigenvalue weighted by molar-refractivity contribution is 0.818. The zero-order chi connectivity index (χ0) is 19.5. The maximum Gasteiger partial charge on any atom is 0.196 e. The van der Waals surface area contributed by atoms with Crippen LogP contribution in [0.1, 0.15) is 31.0 Å². The molecule has 4 aromatic rings. The third kappa shape index (κ3) is 3.80. The molecule has 0 fully saturated rings. The van der Waals surface area contributed by atoms with Crippen LogP contribution < -0.4 is 0 Å². The number of nitrogens with zero attached hydrogens (tertiary/aromatic N) is 6. The summed E-state index contributed by atoms with van der Waals surface area (Å²) in [6, 6.07) is 12.2. The van der Waals surface area contributed by atoms with Crippen molar-refractivity contribution in [1.29, 1.82) is 0 Å². The predicted molar refractivity (Wildman–Crippen MR) is 113 cm³/mol. The fourth-order valence-electron chi connectivity index (χ4n) is 2.86. The summed E-state index contributed by atoms with van der Waals surface area (Å²) in [4.78, 5) is 4.24. The van der Waals surface area contributed by atoms with Crippen LogP contribution in [0.3, 0.4) is 0 Å². The highest BCUT2D eigenvalue weighted by molar-refractivity contribution is 7.98. The minimum absolute atomic E-state index is 0.357. The molecule has 0 aliphatic heterocycles. The second-order valence-corrected chi connectivity index (χ2v) is 8.68. The van der Waals surface area contributed by atoms with Gasteiger partial charge in [-0.05, 0) is 29.7 Å². The van der Waals surface area contributed by atoms with Crippen molar-refractivity contribution in [3.8, 4) is 17.1 Å². The van der Waals surface area contributed by atoms with E-state index in [4.69, 9.17) is 11.6 Å². The molecule has 0 saturated carbocycles. The maximum absolute atomic E-state index is 6.16. The average molecular weight is 429 g/mol. The Labute approximate surface area is 176 Å². The van der Waals surface area contributed by atoms with Crippen LogP contribution in [-0.2, 0) is 5.75 Å². The van der Waals surface area contributed by atoms with Crippen molar-refractivity contribution >= 4 is 34.9 Å². The van der Waals surface area contributed by atoms with Crippen molar-refractivity contribution in [1.82, 2.24) is 29.3 Å². The van der Waals surface area contributed by atoms with Gasteiger partial charge in [0, 0.05) is 35.2 Å². The number of hydrogen-bond acceptors (Lipinski definition) is 7. The number of benzene rings is 1. The number of aromatic nitrogens is 6. The van der Waals surface area contributed by atoms with Crippen LogP contribution in [0, 0.1) is 0 Å². The fourth-order valence-corrected chi connectivity index (χ4v) is 4.54. The van der Waals surface area contributed by atoms with E-state index in [0.29, 0.717) is 16.0 Å². The molecular weight excluding hydrogens is 412 g/mol. The Morgan fingerprint density at radius 1 is 1.11 bits per heavy atom. The van der Waals surface area contributed by atoms with Crippen molar-refractivity contribution < 1.29 is 0 Å². The second-order valence-electron chi connectivity index (χ2n) is 6.38. The van der Waals surface area contributed by atoms with Gasteiger partial charge in [0.15, 0.2) is 11.0 Å². The molecule has 3 heterocycles. The molecule has 28 heavy (non-hydrogen) atoms. The lowest BCUT2D eigenvalue weighted by Crippen LogP contribution is -2.05. The van der Waals surface area contributed by atoms with Crippen molar-refractivity contribution in [2.24, 2.45) is 0 Å². The highest BCUT2D eigenvalue weighted by atomic mass is 35.5. The highest BCUT2D eigenvalue weighted by Crippen LogP contribution is 2.33. The molecule has 0 unspecified atom stereocenters. The predicted octanol–water partition coefficient (Wildman–Crippen LogP) is 5.25.